The molecule has 1 aromatic rings. The number of sulfonamides is 1. The van der Waals surface area contributed by atoms with Gasteiger partial charge in [0.25, 0.3) is 0 Å². The smallest absolute Gasteiger partial charge is 0.216 e. The van der Waals surface area contributed by atoms with Crippen LogP contribution in [-0.2, 0) is 22.9 Å². The maximum absolute atomic E-state index is 12.3. The summed E-state index contributed by atoms with van der Waals surface area (Å²) in [6, 6.07) is 0.302. The molecule has 3 aliphatic rings. The summed E-state index contributed by atoms with van der Waals surface area (Å²) >= 11 is 0. The monoisotopic (exact) mass is 350 g/mol. The van der Waals surface area contributed by atoms with Crippen LogP contribution in [0.5, 0.6) is 0 Å². The number of nitrogens with zero attached hydrogens (tertiary/aromatic N) is 3. The van der Waals surface area contributed by atoms with E-state index in [-0.39, 0.29) is 5.25 Å². The molecule has 2 aliphatic carbocycles. The van der Waals surface area contributed by atoms with Gasteiger partial charge in [0.05, 0.1) is 5.25 Å². The first-order valence-electron chi connectivity index (χ1n) is 9.16. The van der Waals surface area contributed by atoms with Crippen molar-refractivity contribution in [1.29, 1.82) is 0 Å². The molecule has 2 fully saturated rings. The van der Waals surface area contributed by atoms with Gasteiger partial charge in [-0.2, -0.15) is 0 Å². The standard InChI is InChI=1S/C17H26N4O2S/c1-12-18-16-5-3-2-4-15(16)17(19-12)20-13-8-10-21(11-9-13)24(22,23)14-6-7-14/h13-14H,2-11H2,1H3,(H,18,19,20). The molecule has 1 aromatic heterocycles. The Balaban J connectivity index is 1.43. The highest BCUT2D eigenvalue weighted by Crippen LogP contribution is 2.33. The van der Waals surface area contributed by atoms with E-state index < -0.39 is 10.0 Å². The Bertz CT molecular complexity index is 722. The molecule has 0 atom stereocenters. The van der Waals surface area contributed by atoms with Crippen LogP contribution in [0.1, 0.15) is 55.6 Å². The highest BCUT2D eigenvalue weighted by Gasteiger charge is 2.41. The van der Waals surface area contributed by atoms with Crippen LogP contribution in [0.2, 0.25) is 0 Å². The molecule has 0 bridgehead atoms. The van der Waals surface area contributed by atoms with E-state index in [2.05, 4.69) is 15.3 Å². The first kappa shape index (κ1) is 16.3. The van der Waals surface area contributed by atoms with Crippen molar-refractivity contribution in [2.75, 3.05) is 18.4 Å². The molecule has 0 unspecified atom stereocenters. The Morgan fingerprint density at radius 3 is 2.46 bits per heavy atom. The third-order valence-corrected chi connectivity index (χ3v) is 7.79. The summed E-state index contributed by atoms with van der Waals surface area (Å²) in [5.74, 6) is 1.81. The highest BCUT2D eigenvalue weighted by molar-refractivity contribution is 7.90. The zero-order chi connectivity index (χ0) is 16.7. The minimum absolute atomic E-state index is 0.0986. The minimum Gasteiger partial charge on any atom is -0.367 e. The van der Waals surface area contributed by atoms with Gasteiger partial charge < -0.3 is 5.32 Å². The van der Waals surface area contributed by atoms with Crippen molar-refractivity contribution in [3.8, 4) is 0 Å². The molecule has 4 rings (SSSR count). The van der Waals surface area contributed by atoms with Gasteiger partial charge in [-0.15, -0.1) is 0 Å². The molecule has 2 heterocycles. The van der Waals surface area contributed by atoms with Gasteiger partial charge in [-0.05, 0) is 58.3 Å². The Kier molecular flexibility index (Phi) is 4.24. The average Bonchev–Trinajstić information content (AvgIpc) is 3.41. The number of hydrogen-bond donors (Lipinski definition) is 1. The molecule has 132 valence electrons. The molecule has 0 radical (unpaired) electrons. The van der Waals surface area contributed by atoms with Crippen molar-refractivity contribution >= 4 is 15.8 Å². The van der Waals surface area contributed by atoms with Gasteiger partial charge in [-0.3, -0.25) is 0 Å². The Hall–Kier alpha value is -1.21. The van der Waals surface area contributed by atoms with E-state index in [1.807, 2.05) is 6.92 Å². The van der Waals surface area contributed by atoms with Gasteiger partial charge in [0.2, 0.25) is 10.0 Å². The summed E-state index contributed by atoms with van der Waals surface area (Å²) < 4.78 is 26.4. The van der Waals surface area contributed by atoms with Crippen LogP contribution in [0, 0.1) is 6.92 Å². The number of piperidine rings is 1. The Morgan fingerprint density at radius 2 is 1.75 bits per heavy atom. The van der Waals surface area contributed by atoms with Crippen molar-refractivity contribution in [2.24, 2.45) is 0 Å². The highest BCUT2D eigenvalue weighted by atomic mass is 32.2. The predicted molar refractivity (Wildman–Crippen MR) is 93.6 cm³/mol. The summed E-state index contributed by atoms with van der Waals surface area (Å²) in [7, 11) is -3.03. The lowest BCUT2D eigenvalue weighted by atomic mass is 9.96. The molecule has 6 nitrogen and oxygen atoms in total. The fourth-order valence-corrected chi connectivity index (χ4v) is 5.73. The second kappa shape index (κ2) is 6.26. The maximum atomic E-state index is 12.3. The van der Waals surface area contributed by atoms with Crippen LogP contribution >= 0.6 is 0 Å². The van der Waals surface area contributed by atoms with E-state index >= 15 is 0 Å². The molecule has 0 amide bonds. The third kappa shape index (κ3) is 3.16. The molecular weight excluding hydrogens is 324 g/mol. The molecular formula is C17H26N4O2S. The number of hydrogen-bond acceptors (Lipinski definition) is 5. The maximum Gasteiger partial charge on any atom is 0.216 e. The molecule has 0 aromatic carbocycles. The molecule has 1 N–H and O–H groups in total. The lowest BCUT2D eigenvalue weighted by Gasteiger charge is -2.32. The fraction of sp³-hybridized carbons (Fsp3) is 0.765. The SMILES string of the molecule is Cc1nc2c(c(NC3CCN(S(=O)(=O)C4CC4)CC3)n1)CCCC2. The van der Waals surface area contributed by atoms with Crippen LogP contribution in [0.15, 0.2) is 0 Å². The predicted octanol–water partition coefficient (Wildman–Crippen LogP) is 2.03. The van der Waals surface area contributed by atoms with Crippen LogP contribution in [0.4, 0.5) is 5.82 Å². The van der Waals surface area contributed by atoms with Gasteiger partial charge >= 0.3 is 0 Å². The average molecular weight is 350 g/mol. The van der Waals surface area contributed by atoms with E-state index in [4.69, 9.17) is 0 Å². The summed E-state index contributed by atoms with van der Waals surface area (Å²) in [5, 5.41) is 3.50. The third-order valence-electron chi connectivity index (χ3n) is 5.40. The Labute approximate surface area is 144 Å². The van der Waals surface area contributed by atoms with Crippen molar-refractivity contribution in [3.05, 3.63) is 17.1 Å². The number of aryl methyl sites for hydroxylation is 2. The molecule has 1 aliphatic heterocycles. The van der Waals surface area contributed by atoms with Crippen LogP contribution in [0.3, 0.4) is 0 Å². The summed E-state index contributed by atoms with van der Waals surface area (Å²) in [6.45, 7) is 3.20. The number of nitrogens with one attached hydrogen (secondary N) is 1. The molecule has 7 heteroatoms. The van der Waals surface area contributed by atoms with Crippen LogP contribution in [-0.4, -0.2) is 47.1 Å². The number of rotatable bonds is 4. The topological polar surface area (TPSA) is 75.2 Å². The molecule has 1 saturated heterocycles. The fourth-order valence-electron chi connectivity index (χ4n) is 3.86. The second-order valence-electron chi connectivity index (χ2n) is 7.31. The lowest BCUT2D eigenvalue weighted by Crippen LogP contribution is -2.43. The number of fused-ring (bicyclic) bond motifs is 1. The van der Waals surface area contributed by atoms with Crippen LogP contribution in [0.25, 0.3) is 0 Å². The van der Waals surface area contributed by atoms with Gasteiger partial charge in [-0.25, -0.2) is 22.7 Å². The van der Waals surface area contributed by atoms with Gasteiger partial charge in [0.15, 0.2) is 0 Å². The number of anilines is 1. The van der Waals surface area contributed by atoms with E-state index in [0.717, 1.165) is 50.2 Å². The zero-order valence-corrected chi connectivity index (χ0v) is 15.1. The Morgan fingerprint density at radius 1 is 1.04 bits per heavy atom. The normalized spacial score (nSPS) is 23.0. The van der Waals surface area contributed by atoms with E-state index in [1.165, 1.54) is 24.1 Å². The zero-order valence-electron chi connectivity index (χ0n) is 14.3. The second-order valence-corrected chi connectivity index (χ2v) is 9.53. The van der Waals surface area contributed by atoms with Crippen molar-refractivity contribution < 1.29 is 8.42 Å². The van der Waals surface area contributed by atoms with Gasteiger partial charge in [0, 0.05) is 30.4 Å². The largest absolute Gasteiger partial charge is 0.367 e. The van der Waals surface area contributed by atoms with E-state index in [9.17, 15) is 8.42 Å². The van der Waals surface area contributed by atoms with Crippen LogP contribution < -0.4 is 5.32 Å². The summed E-state index contributed by atoms with van der Waals surface area (Å²) in [5.41, 5.74) is 2.48. The molecule has 0 spiro atoms. The van der Waals surface area contributed by atoms with Crippen molar-refractivity contribution in [1.82, 2.24) is 14.3 Å². The first-order chi connectivity index (χ1) is 11.5. The molecule has 24 heavy (non-hydrogen) atoms. The van der Waals surface area contributed by atoms with E-state index in [1.54, 1.807) is 4.31 Å². The minimum atomic E-state index is -3.03. The number of aromatic nitrogens is 2. The summed E-state index contributed by atoms with van der Waals surface area (Å²) in [6.07, 6.45) is 7.89. The summed E-state index contributed by atoms with van der Waals surface area (Å²) in [4.78, 5) is 9.23. The van der Waals surface area contributed by atoms with Crippen molar-refractivity contribution in [3.63, 3.8) is 0 Å². The van der Waals surface area contributed by atoms with Gasteiger partial charge in [0.1, 0.15) is 11.6 Å². The lowest BCUT2D eigenvalue weighted by molar-refractivity contribution is 0.329. The van der Waals surface area contributed by atoms with E-state index in [0.29, 0.717) is 19.1 Å². The molecule has 1 saturated carbocycles. The van der Waals surface area contributed by atoms with Gasteiger partial charge in [-0.1, -0.05) is 0 Å². The van der Waals surface area contributed by atoms with Crippen molar-refractivity contribution in [2.45, 2.75) is 69.6 Å². The quantitative estimate of drug-likeness (QED) is 0.899. The first-order valence-corrected chi connectivity index (χ1v) is 10.7.